The second-order valence-corrected chi connectivity index (χ2v) is 3.39. The van der Waals surface area contributed by atoms with Crippen LogP contribution in [0.25, 0.3) is 0 Å². The van der Waals surface area contributed by atoms with Crippen molar-refractivity contribution in [2.75, 3.05) is 0 Å². The van der Waals surface area contributed by atoms with Crippen molar-refractivity contribution in [3.05, 3.63) is 0 Å². The Hall–Kier alpha value is -0.800. The van der Waals surface area contributed by atoms with Gasteiger partial charge >= 0.3 is 0 Å². The van der Waals surface area contributed by atoms with Crippen LogP contribution in [0.5, 0.6) is 0 Å². The van der Waals surface area contributed by atoms with E-state index in [-0.39, 0.29) is 6.17 Å². The first kappa shape index (κ1) is 8.30. The van der Waals surface area contributed by atoms with Crippen molar-refractivity contribution >= 4 is 0 Å². The van der Waals surface area contributed by atoms with Crippen molar-refractivity contribution in [2.45, 2.75) is 39.9 Å². The van der Waals surface area contributed by atoms with Crippen molar-refractivity contribution in [3.8, 4) is 0 Å². The normalized spacial score (nSPS) is 23.5. The van der Waals surface area contributed by atoms with Gasteiger partial charge in [-0.2, -0.15) is 0 Å². The van der Waals surface area contributed by atoms with Crippen LogP contribution in [0.15, 0.2) is 15.5 Å². The predicted octanol–water partition coefficient (Wildman–Crippen LogP) is 2.22. The van der Waals surface area contributed by atoms with Gasteiger partial charge in [-0.15, -0.1) is 0 Å². The number of azo groups is 1. The van der Waals surface area contributed by atoms with Gasteiger partial charge in [0.05, 0.1) is 5.11 Å². The summed E-state index contributed by atoms with van der Waals surface area (Å²) in [5.74, 6) is 0.447. The number of hydrogen-bond acceptors (Lipinski definition) is 3. The third-order valence-electron chi connectivity index (χ3n) is 1.56. The Morgan fingerprint density at radius 2 is 1.82 bits per heavy atom. The Kier molecular flexibility index (Phi) is 2.31. The van der Waals surface area contributed by atoms with Crippen LogP contribution in [0, 0.1) is 5.92 Å². The third kappa shape index (κ3) is 1.82. The maximum Gasteiger partial charge on any atom is 0.297 e. The number of nitrogens with zero attached hydrogens (tertiary/aromatic N) is 4. The van der Waals surface area contributed by atoms with E-state index in [2.05, 4.69) is 29.3 Å². The van der Waals surface area contributed by atoms with E-state index in [1.807, 2.05) is 13.8 Å². The average Bonchev–Trinajstić information content (AvgIpc) is 2.33. The molecular formula is C7H15N4+. The van der Waals surface area contributed by atoms with Crippen LogP contribution < -0.4 is 0 Å². The van der Waals surface area contributed by atoms with E-state index in [0.717, 1.165) is 0 Å². The van der Waals surface area contributed by atoms with Crippen LogP contribution >= 0.6 is 0 Å². The monoisotopic (exact) mass is 155 g/mol. The molecule has 0 N–H and O–H groups in total. The van der Waals surface area contributed by atoms with Crippen LogP contribution in [-0.2, 0) is 0 Å². The molecule has 0 aliphatic carbocycles. The molecule has 0 saturated heterocycles. The highest BCUT2D eigenvalue weighted by Crippen LogP contribution is 2.15. The summed E-state index contributed by atoms with van der Waals surface area (Å²) in [4.78, 5) is 1.67. The number of hydrogen-bond donors (Lipinski definition) is 0. The van der Waals surface area contributed by atoms with E-state index in [4.69, 9.17) is 0 Å². The Morgan fingerprint density at radius 3 is 2.09 bits per heavy atom. The first-order valence-electron chi connectivity index (χ1n) is 4.02. The summed E-state index contributed by atoms with van der Waals surface area (Å²) in [5.41, 5.74) is 0. The molecule has 0 bridgehead atoms. The van der Waals surface area contributed by atoms with Gasteiger partial charge in [0.25, 0.3) is 6.17 Å². The minimum absolute atomic E-state index is 0.0393. The largest absolute Gasteiger partial charge is 0.297 e. The fourth-order valence-corrected chi connectivity index (χ4v) is 0.776. The second kappa shape index (κ2) is 3.07. The molecule has 1 atom stereocenters. The molecule has 4 nitrogen and oxygen atoms in total. The summed E-state index contributed by atoms with van der Waals surface area (Å²) in [7, 11) is 0. The molecule has 4 heteroatoms. The average molecular weight is 155 g/mol. The van der Waals surface area contributed by atoms with Crippen molar-refractivity contribution in [1.82, 2.24) is 0 Å². The van der Waals surface area contributed by atoms with Gasteiger partial charge < -0.3 is 0 Å². The minimum Gasteiger partial charge on any atom is -0.0564 e. The van der Waals surface area contributed by atoms with Gasteiger partial charge in [0.1, 0.15) is 6.04 Å². The van der Waals surface area contributed by atoms with Gasteiger partial charge in [-0.05, 0) is 23.8 Å². The first-order valence-corrected chi connectivity index (χ1v) is 4.02. The Labute approximate surface area is 67.0 Å². The van der Waals surface area contributed by atoms with E-state index >= 15 is 0 Å². The highest BCUT2D eigenvalue weighted by molar-refractivity contribution is 4.61. The van der Waals surface area contributed by atoms with E-state index in [1.165, 1.54) is 0 Å². The van der Waals surface area contributed by atoms with Crippen LogP contribution in [0.1, 0.15) is 27.7 Å². The van der Waals surface area contributed by atoms with E-state index in [0.29, 0.717) is 12.0 Å². The molecule has 0 aromatic carbocycles. The summed E-state index contributed by atoms with van der Waals surface area (Å²) in [5, 5.41) is 12.2. The smallest absolute Gasteiger partial charge is 0.0564 e. The Morgan fingerprint density at radius 1 is 1.18 bits per heavy atom. The van der Waals surface area contributed by atoms with Crippen molar-refractivity contribution in [3.63, 3.8) is 0 Å². The highest BCUT2D eigenvalue weighted by Gasteiger charge is 2.27. The maximum absolute atomic E-state index is 4.29. The summed E-state index contributed by atoms with van der Waals surface area (Å²) in [6.07, 6.45) is 0.0393. The molecule has 1 aliphatic heterocycles. The molecule has 11 heavy (non-hydrogen) atoms. The SMILES string of the molecule is CC(C)C1N=N[N+](C(C)C)=N1. The lowest BCUT2D eigenvalue weighted by molar-refractivity contribution is -0.626. The second-order valence-electron chi connectivity index (χ2n) is 3.39. The van der Waals surface area contributed by atoms with E-state index < -0.39 is 0 Å². The molecule has 0 amide bonds. The molecular weight excluding hydrogens is 140 g/mol. The van der Waals surface area contributed by atoms with Gasteiger partial charge in [-0.1, -0.05) is 13.8 Å². The van der Waals surface area contributed by atoms with Crippen LogP contribution in [0.4, 0.5) is 0 Å². The molecule has 0 fully saturated rings. The van der Waals surface area contributed by atoms with Gasteiger partial charge in [0.15, 0.2) is 5.22 Å². The summed E-state index contributed by atoms with van der Waals surface area (Å²) in [6, 6.07) is 0.322. The lowest BCUT2D eigenvalue weighted by atomic mass is 10.2. The molecule has 0 saturated carbocycles. The fourth-order valence-electron chi connectivity index (χ4n) is 0.776. The fraction of sp³-hybridized carbons (Fsp3) is 1.00. The molecule has 1 rings (SSSR count). The lowest BCUT2D eigenvalue weighted by Gasteiger charge is -1.97. The third-order valence-corrected chi connectivity index (χ3v) is 1.56. The molecule has 1 unspecified atom stereocenters. The van der Waals surface area contributed by atoms with E-state index in [9.17, 15) is 0 Å². The first-order chi connectivity index (χ1) is 5.11. The summed E-state index contributed by atoms with van der Waals surface area (Å²) >= 11 is 0. The van der Waals surface area contributed by atoms with Gasteiger partial charge in [-0.25, -0.2) is 0 Å². The molecule has 0 aromatic heterocycles. The summed E-state index contributed by atoms with van der Waals surface area (Å²) in [6.45, 7) is 8.28. The molecule has 1 heterocycles. The topological polar surface area (TPSA) is 40.1 Å². The molecule has 0 radical (unpaired) electrons. The summed E-state index contributed by atoms with van der Waals surface area (Å²) < 4.78 is 0. The van der Waals surface area contributed by atoms with Crippen LogP contribution in [0.2, 0.25) is 0 Å². The molecule has 0 aromatic rings. The molecule has 1 aliphatic rings. The van der Waals surface area contributed by atoms with Gasteiger partial charge in [-0.3, -0.25) is 0 Å². The van der Waals surface area contributed by atoms with Crippen LogP contribution in [-0.4, -0.2) is 17.0 Å². The van der Waals surface area contributed by atoms with Gasteiger partial charge in [0, 0.05) is 5.92 Å². The van der Waals surface area contributed by atoms with Crippen molar-refractivity contribution in [1.29, 1.82) is 0 Å². The van der Waals surface area contributed by atoms with Crippen LogP contribution in [0.3, 0.4) is 0 Å². The predicted molar refractivity (Wildman–Crippen MR) is 41.3 cm³/mol. The quantitative estimate of drug-likeness (QED) is 0.549. The minimum atomic E-state index is 0.0393. The number of rotatable bonds is 2. The molecule has 62 valence electrons. The standard InChI is InChI=1S/C7H15N4/c1-5(2)7-8-10-11(9-7)6(3)4/h5-7H,1-4H3/q+1. The highest BCUT2D eigenvalue weighted by atomic mass is 15.7. The van der Waals surface area contributed by atoms with Crippen molar-refractivity contribution < 1.29 is 4.81 Å². The van der Waals surface area contributed by atoms with Gasteiger partial charge in [0.2, 0.25) is 0 Å². The molecule has 0 spiro atoms. The maximum atomic E-state index is 4.29. The zero-order chi connectivity index (χ0) is 8.43. The Balaban J connectivity index is 2.63. The zero-order valence-electron chi connectivity index (χ0n) is 7.52. The zero-order valence-corrected chi connectivity index (χ0v) is 7.52. The Bertz CT molecular complexity index is 193. The van der Waals surface area contributed by atoms with Crippen molar-refractivity contribution in [2.24, 2.45) is 21.4 Å². The lowest BCUT2D eigenvalue weighted by Crippen LogP contribution is -2.12. The van der Waals surface area contributed by atoms with E-state index in [1.54, 1.807) is 4.81 Å².